The second-order valence-corrected chi connectivity index (χ2v) is 7.22. The Kier molecular flexibility index (Phi) is 6.15. The van der Waals surface area contributed by atoms with Gasteiger partial charge >= 0.3 is 0 Å². The van der Waals surface area contributed by atoms with Gasteiger partial charge in [0, 0.05) is 17.8 Å². The maximum absolute atomic E-state index is 12.3. The number of nitrogens with one attached hydrogen (secondary N) is 1. The number of benzene rings is 1. The van der Waals surface area contributed by atoms with Crippen molar-refractivity contribution in [2.45, 2.75) is 40.4 Å². The summed E-state index contributed by atoms with van der Waals surface area (Å²) in [5.41, 5.74) is 2.10. The molecule has 0 fully saturated rings. The monoisotopic (exact) mass is 342 g/mol. The Morgan fingerprint density at radius 3 is 2.68 bits per heavy atom. The summed E-state index contributed by atoms with van der Waals surface area (Å²) in [7, 11) is 0. The summed E-state index contributed by atoms with van der Waals surface area (Å²) in [4.78, 5) is 16.5. The quantitative estimate of drug-likeness (QED) is 0.846. The van der Waals surface area contributed by atoms with Crippen LogP contribution >= 0.6 is 0 Å². The molecule has 25 heavy (non-hydrogen) atoms. The summed E-state index contributed by atoms with van der Waals surface area (Å²) in [5.74, 6) is 0.482. The number of carbonyl (C=O) groups excluding carboxylic acids is 1. The van der Waals surface area contributed by atoms with Crippen molar-refractivity contribution in [1.82, 2.24) is 10.3 Å². The van der Waals surface area contributed by atoms with Gasteiger partial charge in [0.1, 0.15) is 12.4 Å². The van der Waals surface area contributed by atoms with E-state index in [-0.39, 0.29) is 17.9 Å². The van der Waals surface area contributed by atoms with Crippen LogP contribution in [0.3, 0.4) is 0 Å². The minimum atomic E-state index is -0.600. The average molecular weight is 342 g/mol. The van der Waals surface area contributed by atoms with Gasteiger partial charge in [-0.25, -0.2) is 0 Å². The van der Waals surface area contributed by atoms with Crippen molar-refractivity contribution in [3.63, 3.8) is 0 Å². The Morgan fingerprint density at radius 1 is 1.28 bits per heavy atom. The molecule has 5 nitrogen and oxygen atoms in total. The topological polar surface area (TPSA) is 71.5 Å². The number of hydrogen-bond donors (Lipinski definition) is 2. The molecule has 0 aliphatic rings. The van der Waals surface area contributed by atoms with Crippen molar-refractivity contribution in [2.75, 3.05) is 6.54 Å². The van der Waals surface area contributed by atoms with Gasteiger partial charge in [-0.1, -0.05) is 32.9 Å². The molecule has 2 N–H and O–H groups in total. The highest BCUT2D eigenvalue weighted by atomic mass is 16.5. The Morgan fingerprint density at radius 2 is 2.04 bits per heavy atom. The average Bonchev–Trinajstić information content (AvgIpc) is 2.58. The van der Waals surface area contributed by atoms with E-state index in [9.17, 15) is 9.90 Å². The zero-order valence-corrected chi connectivity index (χ0v) is 15.2. The van der Waals surface area contributed by atoms with Gasteiger partial charge in [-0.05, 0) is 42.2 Å². The molecule has 0 aliphatic carbocycles. The molecule has 1 aromatic carbocycles. The second-order valence-electron chi connectivity index (χ2n) is 7.22. The number of ether oxygens (including phenoxy) is 1. The van der Waals surface area contributed by atoms with Gasteiger partial charge in [0.15, 0.2) is 0 Å². The molecule has 134 valence electrons. The van der Waals surface area contributed by atoms with E-state index >= 15 is 0 Å². The largest absolute Gasteiger partial charge is 0.487 e. The minimum absolute atomic E-state index is 0.206. The smallest absolute Gasteiger partial charge is 0.251 e. The van der Waals surface area contributed by atoms with Crippen LogP contribution in [-0.4, -0.2) is 28.6 Å². The highest BCUT2D eigenvalue weighted by molar-refractivity contribution is 5.94. The lowest BCUT2D eigenvalue weighted by Crippen LogP contribution is -2.39. The molecule has 0 saturated heterocycles. The molecule has 0 spiro atoms. The molecular formula is C20H26N2O3. The highest BCUT2D eigenvalue weighted by Gasteiger charge is 2.22. The van der Waals surface area contributed by atoms with E-state index in [2.05, 4.69) is 10.3 Å². The van der Waals surface area contributed by atoms with Crippen molar-refractivity contribution in [3.05, 3.63) is 59.4 Å². The van der Waals surface area contributed by atoms with E-state index in [1.54, 1.807) is 18.3 Å². The third kappa shape index (κ3) is 5.87. The zero-order valence-electron chi connectivity index (χ0n) is 15.2. The minimum Gasteiger partial charge on any atom is -0.487 e. The maximum atomic E-state index is 12.3. The third-order valence-electron chi connectivity index (χ3n) is 3.93. The number of aryl methyl sites for hydroxylation is 1. The van der Waals surface area contributed by atoms with E-state index in [4.69, 9.17) is 4.74 Å². The number of aliphatic hydroxyl groups excluding tert-OH is 1. The summed E-state index contributed by atoms with van der Waals surface area (Å²) in [6.45, 7) is 8.29. The molecule has 1 aromatic heterocycles. The van der Waals surface area contributed by atoms with Gasteiger partial charge in [0.25, 0.3) is 5.91 Å². The van der Waals surface area contributed by atoms with Gasteiger partial charge in [-0.3, -0.25) is 9.78 Å². The van der Waals surface area contributed by atoms with Crippen molar-refractivity contribution >= 4 is 5.91 Å². The molecule has 5 heteroatoms. The summed E-state index contributed by atoms with van der Waals surface area (Å²) in [6.07, 6.45) is 1.08. The molecule has 2 aromatic rings. The molecule has 0 radical (unpaired) electrons. The number of aliphatic hydroxyl groups is 1. The van der Waals surface area contributed by atoms with Crippen LogP contribution in [0, 0.1) is 12.3 Å². The van der Waals surface area contributed by atoms with Gasteiger partial charge in [-0.15, -0.1) is 0 Å². The maximum Gasteiger partial charge on any atom is 0.251 e. The first-order valence-corrected chi connectivity index (χ1v) is 8.36. The third-order valence-corrected chi connectivity index (χ3v) is 3.93. The predicted octanol–water partition coefficient (Wildman–Crippen LogP) is 3.11. The normalized spacial score (nSPS) is 12.5. The van der Waals surface area contributed by atoms with E-state index < -0.39 is 6.10 Å². The van der Waals surface area contributed by atoms with Crippen LogP contribution in [-0.2, 0) is 6.61 Å². The fraction of sp³-hybridized carbons (Fsp3) is 0.400. The van der Waals surface area contributed by atoms with Gasteiger partial charge in [0.2, 0.25) is 0 Å². The van der Waals surface area contributed by atoms with Gasteiger partial charge < -0.3 is 15.2 Å². The van der Waals surface area contributed by atoms with Crippen molar-refractivity contribution in [2.24, 2.45) is 5.41 Å². The molecule has 0 saturated carbocycles. The first-order chi connectivity index (χ1) is 11.8. The van der Waals surface area contributed by atoms with Crippen LogP contribution in [0.15, 0.2) is 42.6 Å². The molecule has 1 heterocycles. The molecule has 2 rings (SSSR count). The van der Waals surface area contributed by atoms with E-state index in [0.29, 0.717) is 17.9 Å². The predicted molar refractivity (Wildman–Crippen MR) is 97.5 cm³/mol. The van der Waals surface area contributed by atoms with Crippen LogP contribution in [0.2, 0.25) is 0 Å². The highest BCUT2D eigenvalue weighted by Crippen LogP contribution is 2.18. The van der Waals surface area contributed by atoms with Gasteiger partial charge in [-0.2, -0.15) is 0 Å². The van der Waals surface area contributed by atoms with E-state index in [1.807, 2.05) is 52.0 Å². The number of aromatic nitrogens is 1. The number of nitrogens with zero attached hydrogens (tertiary/aromatic N) is 1. The van der Waals surface area contributed by atoms with Crippen LogP contribution in [0.25, 0.3) is 0 Å². The zero-order chi connectivity index (χ0) is 18.4. The molecular weight excluding hydrogens is 316 g/mol. The summed E-state index contributed by atoms with van der Waals surface area (Å²) in [6, 6.07) is 11.0. The van der Waals surface area contributed by atoms with Crippen LogP contribution < -0.4 is 10.1 Å². The van der Waals surface area contributed by atoms with Crippen molar-refractivity contribution in [1.29, 1.82) is 0 Å². The summed E-state index contributed by atoms with van der Waals surface area (Å²) >= 11 is 0. The van der Waals surface area contributed by atoms with Crippen LogP contribution in [0.4, 0.5) is 0 Å². The number of pyridine rings is 1. The molecule has 1 unspecified atom stereocenters. The fourth-order valence-electron chi connectivity index (χ4n) is 2.11. The Labute approximate surface area is 149 Å². The number of rotatable bonds is 6. The standard InChI is InChI=1S/C20H26N2O3/c1-14-8-9-17(11-21-14)25-13-15-6-5-7-16(10-15)19(24)22-12-18(23)20(2,3)4/h5-11,18,23H,12-13H2,1-4H3,(H,22,24). The van der Waals surface area contributed by atoms with Crippen molar-refractivity contribution < 1.29 is 14.6 Å². The molecule has 0 aliphatic heterocycles. The van der Waals surface area contributed by atoms with E-state index in [0.717, 1.165) is 11.3 Å². The van der Waals surface area contributed by atoms with Crippen molar-refractivity contribution in [3.8, 4) is 5.75 Å². The van der Waals surface area contributed by atoms with E-state index in [1.165, 1.54) is 0 Å². The molecule has 0 bridgehead atoms. The Hall–Kier alpha value is -2.40. The lowest BCUT2D eigenvalue weighted by Gasteiger charge is -2.25. The number of amides is 1. The Bertz CT molecular complexity index is 706. The second kappa shape index (κ2) is 8.12. The first-order valence-electron chi connectivity index (χ1n) is 8.36. The van der Waals surface area contributed by atoms with Gasteiger partial charge in [0.05, 0.1) is 12.3 Å². The Balaban J connectivity index is 1.93. The SMILES string of the molecule is Cc1ccc(OCc2cccc(C(=O)NCC(O)C(C)(C)C)c2)cn1. The summed E-state index contributed by atoms with van der Waals surface area (Å²) < 4.78 is 5.69. The lowest BCUT2D eigenvalue weighted by atomic mass is 9.89. The lowest BCUT2D eigenvalue weighted by molar-refractivity contribution is 0.0587. The first kappa shape index (κ1) is 18.9. The molecule has 1 atom stereocenters. The fourth-order valence-corrected chi connectivity index (χ4v) is 2.11. The number of carbonyl (C=O) groups is 1. The number of hydrogen-bond acceptors (Lipinski definition) is 4. The summed E-state index contributed by atoms with van der Waals surface area (Å²) in [5, 5.41) is 12.8. The molecule has 1 amide bonds. The van der Waals surface area contributed by atoms with Crippen LogP contribution in [0.1, 0.15) is 42.4 Å². The van der Waals surface area contributed by atoms with Crippen LogP contribution in [0.5, 0.6) is 5.75 Å².